The molecule has 1 atom stereocenters. The van der Waals surface area contributed by atoms with E-state index >= 15 is 0 Å². The standard InChI is InChI=1S/C23H21N3O5/c1-13(23(30)31-2)25-20(27)14-7-8-17-18(11-14)22(29)26(21(17)28)10-9-15-12-24-19-6-4-3-5-16(15)19/h3-8,11-13,24H,9-10H2,1-2H3,(H,25,27)/t13-/m0/s1. The first-order valence-corrected chi connectivity index (χ1v) is 9.84. The Kier molecular flexibility index (Phi) is 5.29. The van der Waals surface area contributed by atoms with Crippen LogP contribution in [-0.4, -0.2) is 53.3 Å². The summed E-state index contributed by atoms with van der Waals surface area (Å²) in [6, 6.07) is 11.3. The smallest absolute Gasteiger partial charge is 0.328 e. The van der Waals surface area contributed by atoms with E-state index in [0.717, 1.165) is 16.5 Å². The van der Waals surface area contributed by atoms with Crippen LogP contribution < -0.4 is 5.32 Å². The van der Waals surface area contributed by atoms with E-state index in [4.69, 9.17) is 0 Å². The van der Waals surface area contributed by atoms with Crippen LogP contribution >= 0.6 is 0 Å². The Bertz CT molecular complexity index is 1210. The third-order valence-corrected chi connectivity index (χ3v) is 5.41. The highest BCUT2D eigenvalue weighted by Crippen LogP contribution is 2.25. The number of fused-ring (bicyclic) bond motifs is 2. The number of carbonyl (C=O) groups excluding carboxylic acids is 4. The minimum atomic E-state index is -0.837. The molecule has 8 nitrogen and oxygen atoms in total. The Morgan fingerprint density at radius 3 is 2.61 bits per heavy atom. The van der Waals surface area contributed by atoms with Crippen LogP contribution in [0.5, 0.6) is 0 Å². The van der Waals surface area contributed by atoms with Gasteiger partial charge in [0.15, 0.2) is 0 Å². The molecule has 0 aliphatic carbocycles. The molecular weight excluding hydrogens is 398 g/mol. The molecule has 0 unspecified atom stereocenters. The molecule has 0 spiro atoms. The summed E-state index contributed by atoms with van der Waals surface area (Å²) in [5, 5.41) is 3.56. The lowest BCUT2D eigenvalue weighted by atomic mass is 10.1. The fourth-order valence-electron chi connectivity index (χ4n) is 3.72. The van der Waals surface area contributed by atoms with Gasteiger partial charge in [-0.3, -0.25) is 19.3 Å². The fraction of sp³-hybridized carbons (Fsp3) is 0.217. The van der Waals surface area contributed by atoms with Gasteiger partial charge in [0, 0.05) is 29.2 Å². The number of esters is 1. The molecule has 1 aliphatic rings. The zero-order chi connectivity index (χ0) is 22.1. The number of rotatable bonds is 6. The van der Waals surface area contributed by atoms with E-state index in [1.165, 1.54) is 37.1 Å². The zero-order valence-corrected chi connectivity index (χ0v) is 17.1. The van der Waals surface area contributed by atoms with E-state index in [-0.39, 0.29) is 29.1 Å². The second kappa shape index (κ2) is 8.06. The van der Waals surface area contributed by atoms with Crippen molar-refractivity contribution in [3.05, 3.63) is 70.9 Å². The van der Waals surface area contributed by atoms with E-state index in [1.54, 1.807) is 0 Å². The predicted octanol–water partition coefficient (Wildman–Crippen LogP) is 2.30. The second-order valence-electron chi connectivity index (χ2n) is 7.35. The number of benzene rings is 2. The number of imide groups is 1. The molecule has 3 aromatic rings. The van der Waals surface area contributed by atoms with Gasteiger partial charge < -0.3 is 15.0 Å². The molecule has 0 saturated carbocycles. The fourth-order valence-corrected chi connectivity index (χ4v) is 3.72. The van der Waals surface area contributed by atoms with Gasteiger partial charge in [-0.15, -0.1) is 0 Å². The van der Waals surface area contributed by atoms with Crippen molar-refractivity contribution in [2.45, 2.75) is 19.4 Å². The number of amides is 3. The van der Waals surface area contributed by atoms with Gasteiger partial charge in [-0.05, 0) is 43.2 Å². The Balaban J connectivity index is 1.50. The highest BCUT2D eigenvalue weighted by atomic mass is 16.5. The van der Waals surface area contributed by atoms with Crippen LogP contribution in [0.3, 0.4) is 0 Å². The van der Waals surface area contributed by atoms with Gasteiger partial charge in [-0.25, -0.2) is 4.79 Å². The first-order chi connectivity index (χ1) is 14.9. The van der Waals surface area contributed by atoms with Crippen molar-refractivity contribution >= 4 is 34.6 Å². The number of aromatic nitrogens is 1. The highest BCUT2D eigenvalue weighted by Gasteiger charge is 2.36. The van der Waals surface area contributed by atoms with E-state index in [0.29, 0.717) is 6.42 Å². The van der Waals surface area contributed by atoms with Crippen molar-refractivity contribution in [1.29, 1.82) is 0 Å². The summed E-state index contributed by atoms with van der Waals surface area (Å²) in [5.41, 5.74) is 2.65. The monoisotopic (exact) mass is 419 g/mol. The van der Waals surface area contributed by atoms with Crippen LogP contribution in [0.1, 0.15) is 43.6 Å². The average molecular weight is 419 g/mol. The van der Waals surface area contributed by atoms with Gasteiger partial charge in [0.1, 0.15) is 6.04 Å². The van der Waals surface area contributed by atoms with Crippen LogP contribution in [-0.2, 0) is 16.0 Å². The van der Waals surface area contributed by atoms with Crippen LogP contribution in [0, 0.1) is 0 Å². The highest BCUT2D eigenvalue weighted by molar-refractivity contribution is 6.22. The van der Waals surface area contributed by atoms with Gasteiger partial charge in [0.05, 0.1) is 18.2 Å². The number of nitrogens with one attached hydrogen (secondary N) is 2. The number of methoxy groups -OCH3 is 1. The minimum absolute atomic E-state index is 0.183. The Morgan fingerprint density at radius 1 is 1.10 bits per heavy atom. The summed E-state index contributed by atoms with van der Waals surface area (Å²) >= 11 is 0. The number of H-pyrrole nitrogens is 1. The van der Waals surface area contributed by atoms with Crippen molar-refractivity contribution < 1.29 is 23.9 Å². The Hall–Kier alpha value is -3.94. The summed E-state index contributed by atoms with van der Waals surface area (Å²) in [6.45, 7) is 1.73. The summed E-state index contributed by atoms with van der Waals surface area (Å²) in [5.74, 6) is -1.92. The Morgan fingerprint density at radius 2 is 1.84 bits per heavy atom. The average Bonchev–Trinajstić information content (AvgIpc) is 3.30. The lowest BCUT2D eigenvalue weighted by Gasteiger charge is -2.13. The third-order valence-electron chi connectivity index (χ3n) is 5.41. The van der Waals surface area contributed by atoms with Crippen molar-refractivity contribution in [2.24, 2.45) is 0 Å². The van der Waals surface area contributed by atoms with E-state index in [1.807, 2.05) is 30.5 Å². The molecule has 0 radical (unpaired) electrons. The van der Waals surface area contributed by atoms with E-state index in [9.17, 15) is 19.2 Å². The van der Waals surface area contributed by atoms with Crippen molar-refractivity contribution in [3.8, 4) is 0 Å². The molecule has 31 heavy (non-hydrogen) atoms. The third kappa shape index (κ3) is 3.68. The molecule has 0 fully saturated rings. The topological polar surface area (TPSA) is 109 Å². The number of hydrogen-bond donors (Lipinski definition) is 2. The molecular formula is C23H21N3O5. The van der Waals surface area contributed by atoms with Gasteiger partial charge in [0.2, 0.25) is 0 Å². The number of ether oxygens (including phenoxy) is 1. The van der Waals surface area contributed by atoms with Crippen molar-refractivity contribution in [1.82, 2.24) is 15.2 Å². The van der Waals surface area contributed by atoms with Crippen LogP contribution in [0.4, 0.5) is 0 Å². The maximum Gasteiger partial charge on any atom is 0.328 e. The molecule has 2 aromatic carbocycles. The summed E-state index contributed by atoms with van der Waals surface area (Å²) in [6.07, 6.45) is 2.40. The van der Waals surface area contributed by atoms with E-state index in [2.05, 4.69) is 15.0 Å². The summed E-state index contributed by atoms with van der Waals surface area (Å²) in [7, 11) is 1.23. The molecule has 8 heteroatoms. The first-order valence-electron chi connectivity index (χ1n) is 9.84. The van der Waals surface area contributed by atoms with Gasteiger partial charge in [-0.1, -0.05) is 18.2 Å². The van der Waals surface area contributed by atoms with E-state index < -0.39 is 23.8 Å². The van der Waals surface area contributed by atoms with Gasteiger partial charge >= 0.3 is 5.97 Å². The molecule has 1 aliphatic heterocycles. The van der Waals surface area contributed by atoms with Crippen molar-refractivity contribution in [2.75, 3.05) is 13.7 Å². The van der Waals surface area contributed by atoms with Crippen LogP contribution in [0.2, 0.25) is 0 Å². The molecule has 158 valence electrons. The number of aromatic amines is 1. The maximum atomic E-state index is 12.9. The molecule has 1 aromatic heterocycles. The minimum Gasteiger partial charge on any atom is -0.467 e. The number of carbonyl (C=O) groups is 4. The van der Waals surface area contributed by atoms with Gasteiger partial charge in [0.25, 0.3) is 17.7 Å². The van der Waals surface area contributed by atoms with Crippen LogP contribution in [0.25, 0.3) is 10.9 Å². The van der Waals surface area contributed by atoms with Gasteiger partial charge in [-0.2, -0.15) is 0 Å². The molecule has 2 N–H and O–H groups in total. The van der Waals surface area contributed by atoms with Crippen molar-refractivity contribution in [3.63, 3.8) is 0 Å². The number of nitrogens with zero attached hydrogens (tertiary/aromatic N) is 1. The summed E-state index contributed by atoms with van der Waals surface area (Å²) in [4.78, 5) is 53.9. The lowest BCUT2D eigenvalue weighted by Crippen LogP contribution is -2.39. The normalized spacial score (nSPS) is 13.9. The predicted molar refractivity (Wildman–Crippen MR) is 113 cm³/mol. The molecule has 0 saturated heterocycles. The van der Waals surface area contributed by atoms with Crippen LogP contribution in [0.15, 0.2) is 48.7 Å². The molecule has 2 heterocycles. The second-order valence-corrected chi connectivity index (χ2v) is 7.35. The quantitative estimate of drug-likeness (QED) is 0.471. The molecule has 4 rings (SSSR count). The Labute approximate surface area is 178 Å². The summed E-state index contributed by atoms with van der Waals surface area (Å²) < 4.78 is 4.59. The SMILES string of the molecule is COC(=O)[C@H](C)NC(=O)c1ccc2c(c1)C(=O)N(CCc1c[nH]c3ccccc13)C2=O. The maximum absolute atomic E-state index is 12.9. The number of hydrogen-bond acceptors (Lipinski definition) is 5. The first kappa shape index (κ1) is 20.3. The molecule has 3 amide bonds. The zero-order valence-electron chi connectivity index (χ0n) is 17.1. The number of para-hydroxylation sites is 1. The largest absolute Gasteiger partial charge is 0.467 e. The molecule has 0 bridgehead atoms. The lowest BCUT2D eigenvalue weighted by molar-refractivity contribution is -0.142.